The van der Waals surface area contributed by atoms with Crippen LogP contribution in [-0.2, 0) is 0 Å². The normalized spacial score (nSPS) is 10.4. The van der Waals surface area contributed by atoms with Crippen LogP contribution in [0, 0.1) is 13.8 Å². The van der Waals surface area contributed by atoms with E-state index in [4.69, 9.17) is 10.5 Å². The van der Waals surface area contributed by atoms with Gasteiger partial charge in [0.15, 0.2) is 5.16 Å². The minimum absolute atomic E-state index is 0.602. The van der Waals surface area contributed by atoms with Gasteiger partial charge in [-0.3, -0.25) is 0 Å². The number of aryl methyl sites for hydroxylation is 2. The van der Waals surface area contributed by atoms with Gasteiger partial charge in [0.25, 0.3) is 0 Å². The minimum atomic E-state index is 0.602. The number of aromatic nitrogens is 2. The Hall–Kier alpha value is -1.75. The van der Waals surface area contributed by atoms with Crippen LogP contribution in [0.25, 0.3) is 0 Å². The lowest BCUT2D eigenvalue weighted by Gasteiger charge is -2.06. The van der Waals surface area contributed by atoms with Crippen LogP contribution < -0.4 is 10.5 Å². The zero-order chi connectivity index (χ0) is 13.7. The van der Waals surface area contributed by atoms with E-state index in [2.05, 4.69) is 9.97 Å². The van der Waals surface area contributed by atoms with Crippen molar-refractivity contribution < 1.29 is 4.74 Å². The lowest BCUT2D eigenvalue weighted by molar-refractivity contribution is 0.344. The van der Waals surface area contributed by atoms with Gasteiger partial charge in [0, 0.05) is 28.9 Å². The van der Waals surface area contributed by atoms with Crippen molar-refractivity contribution in [3.8, 4) is 5.75 Å². The second-order valence-electron chi connectivity index (χ2n) is 4.20. The first-order valence-electron chi connectivity index (χ1n) is 6.07. The van der Waals surface area contributed by atoms with Crippen molar-refractivity contribution in [3.05, 3.63) is 41.7 Å². The van der Waals surface area contributed by atoms with Crippen molar-refractivity contribution in [2.75, 3.05) is 18.1 Å². The number of anilines is 1. The second-order valence-corrected chi connectivity index (χ2v) is 5.26. The molecule has 0 spiro atoms. The molecule has 2 aromatic rings. The van der Waals surface area contributed by atoms with Crippen LogP contribution in [-0.4, -0.2) is 22.3 Å². The molecule has 0 aliphatic rings. The third-order valence-electron chi connectivity index (χ3n) is 2.40. The quantitative estimate of drug-likeness (QED) is 0.393. The summed E-state index contributed by atoms with van der Waals surface area (Å²) in [5, 5.41) is 0.800. The van der Waals surface area contributed by atoms with Gasteiger partial charge in [0.05, 0.1) is 6.61 Å². The molecule has 0 atom stereocenters. The molecular formula is C14H17N3OS. The highest BCUT2D eigenvalue weighted by atomic mass is 32.2. The molecule has 0 saturated heterocycles. The molecular weight excluding hydrogens is 258 g/mol. The maximum absolute atomic E-state index is 5.68. The van der Waals surface area contributed by atoms with Gasteiger partial charge in [0.1, 0.15) is 5.75 Å². The van der Waals surface area contributed by atoms with E-state index in [0.717, 1.165) is 28.0 Å². The van der Waals surface area contributed by atoms with Crippen molar-refractivity contribution in [2.24, 2.45) is 0 Å². The average Bonchev–Trinajstić information content (AvgIpc) is 2.34. The molecule has 4 nitrogen and oxygen atoms in total. The van der Waals surface area contributed by atoms with Gasteiger partial charge in [-0.2, -0.15) is 0 Å². The van der Waals surface area contributed by atoms with Gasteiger partial charge in [-0.05, 0) is 32.0 Å². The molecule has 19 heavy (non-hydrogen) atoms. The highest BCUT2D eigenvalue weighted by molar-refractivity contribution is 7.99. The van der Waals surface area contributed by atoms with Crippen LogP contribution in [0.2, 0.25) is 0 Å². The van der Waals surface area contributed by atoms with Crippen molar-refractivity contribution in [1.29, 1.82) is 0 Å². The SMILES string of the molecule is Cc1cc(C)nc(SCCOc2cccc(N)c2)n1. The zero-order valence-electron chi connectivity index (χ0n) is 11.1. The van der Waals surface area contributed by atoms with E-state index >= 15 is 0 Å². The minimum Gasteiger partial charge on any atom is -0.493 e. The smallest absolute Gasteiger partial charge is 0.188 e. The zero-order valence-corrected chi connectivity index (χ0v) is 11.9. The Kier molecular flexibility index (Phi) is 4.63. The summed E-state index contributed by atoms with van der Waals surface area (Å²) in [5.41, 5.74) is 8.38. The number of hydrogen-bond donors (Lipinski definition) is 1. The third-order valence-corrected chi connectivity index (χ3v) is 3.21. The molecule has 0 aliphatic carbocycles. The van der Waals surface area contributed by atoms with E-state index in [1.807, 2.05) is 44.2 Å². The maximum Gasteiger partial charge on any atom is 0.188 e. The highest BCUT2D eigenvalue weighted by Crippen LogP contribution is 2.17. The molecule has 0 aliphatic heterocycles. The van der Waals surface area contributed by atoms with Crippen LogP contribution in [0.15, 0.2) is 35.5 Å². The number of benzene rings is 1. The van der Waals surface area contributed by atoms with Gasteiger partial charge in [0.2, 0.25) is 0 Å². The highest BCUT2D eigenvalue weighted by Gasteiger charge is 2.01. The van der Waals surface area contributed by atoms with Crippen LogP contribution >= 0.6 is 11.8 Å². The van der Waals surface area contributed by atoms with Gasteiger partial charge >= 0.3 is 0 Å². The first kappa shape index (κ1) is 13.7. The largest absolute Gasteiger partial charge is 0.493 e. The summed E-state index contributed by atoms with van der Waals surface area (Å²) in [6, 6.07) is 9.40. The molecule has 2 N–H and O–H groups in total. The van der Waals surface area contributed by atoms with E-state index < -0.39 is 0 Å². The number of hydrogen-bond acceptors (Lipinski definition) is 5. The molecule has 0 fully saturated rings. The van der Waals surface area contributed by atoms with E-state index in [-0.39, 0.29) is 0 Å². The average molecular weight is 275 g/mol. The number of thioether (sulfide) groups is 1. The van der Waals surface area contributed by atoms with Crippen molar-refractivity contribution in [2.45, 2.75) is 19.0 Å². The monoisotopic (exact) mass is 275 g/mol. The van der Waals surface area contributed by atoms with Crippen LogP contribution in [0.3, 0.4) is 0 Å². The lowest BCUT2D eigenvalue weighted by atomic mass is 10.3. The molecule has 1 aromatic carbocycles. The van der Waals surface area contributed by atoms with Gasteiger partial charge in [-0.1, -0.05) is 17.8 Å². The fourth-order valence-corrected chi connectivity index (χ4v) is 2.42. The summed E-state index contributed by atoms with van der Waals surface area (Å²) in [4.78, 5) is 8.74. The summed E-state index contributed by atoms with van der Waals surface area (Å²) in [6.45, 7) is 4.55. The number of nitrogens with zero attached hydrogens (tertiary/aromatic N) is 2. The molecule has 0 bridgehead atoms. The Morgan fingerprint density at radius 1 is 1.16 bits per heavy atom. The number of nitrogen functional groups attached to an aromatic ring is 1. The molecule has 0 saturated carbocycles. The summed E-state index contributed by atoms with van der Waals surface area (Å²) < 4.78 is 5.61. The second kappa shape index (κ2) is 6.43. The van der Waals surface area contributed by atoms with Gasteiger partial charge in [-0.25, -0.2) is 9.97 Å². The Morgan fingerprint density at radius 3 is 2.58 bits per heavy atom. The first-order valence-corrected chi connectivity index (χ1v) is 7.05. The summed E-state index contributed by atoms with van der Waals surface area (Å²) >= 11 is 1.59. The molecule has 1 heterocycles. The van der Waals surface area contributed by atoms with E-state index in [1.54, 1.807) is 11.8 Å². The fraction of sp³-hybridized carbons (Fsp3) is 0.286. The first-order chi connectivity index (χ1) is 9.13. The number of nitrogens with two attached hydrogens (primary N) is 1. The Balaban J connectivity index is 1.80. The predicted octanol–water partition coefficient (Wildman–Crippen LogP) is 2.85. The molecule has 2 rings (SSSR count). The third kappa shape index (κ3) is 4.44. The fourth-order valence-electron chi connectivity index (χ4n) is 1.65. The lowest BCUT2D eigenvalue weighted by Crippen LogP contribution is -2.02. The molecule has 1 aromatic heterocycles. The number of rotatable bonds is 5. The van der Waals surface area contributed by atoms with E-state index in [1.165, 1.54) is 0 Å². The summed E-state index contributed by atoms with van der Waals surface area (Å²) in [6.07, 6.45) is 0. The van der Waals surface area contributed by atoms with E-state index in [0.29, 0.717) is 12.3 Å². The van der Waals surface area contributed by atoms with Crippen molar-refractivity contribution in [3.63, 3.8) is 0 Å². The van der Waals surface area contributed by atoms with Crippen molar-refractivity contribution in [1.82, 2.24) is 9.97 Å². The molecule has 0 amide bonds. The maximum atomic E-state index is 5.68. The van der Waals surface area contributed by atoms with Crippen LogP contribution in [0.1, 0.15) is 11.4 Å². The topological polar surface area (TPSA) is 61.0 Å². The van der Waals surface area contributed by atoms with E-state index in [9.17, 15) is 0 Å². The van der Waals surface area contributed by atoms with Crippen molar-refractivity contribution >= 4 is 17.4 Å². The summed E-state index contributed by atoms with van der Waals surface area (Å²) in [7, 11) is 0. The molecule has 0 unspecified atom stereocenters. The Morgan fingerprint density at radius 2 is 1.89 bits per heavy atom. The predicted molar refractivity (Wildman–Crippen MR) is 78.6 cm³/mol. The van der Waals surface area contributed by atoms with Crippen LogP contribution in [0.4, 0.5) is 5.69 Å². The molecule has 100 valence electrons. The van der Waals surface area contributed by atoms with Gasteiger partial charge in [-0.15, -0.1) is 0 Å². The summed E-state index contributed by atoms with van der Waals surface area (Å²) in [5.74, 6) is 1.60. The number of ether oxygens (including phenoxy) is 1. The standard InChI is InChI=1S/C14H17N3OS/c1-10-8-11(2)17-14(16-10)19-7-6-18-13-5-3-4-12(15)9-13/h3-5,8-9H,6-7,15H2,1-2H3. The van der Waals surface area contributed by atoms with Gasteiger partial charge < -0.3 is 10.5 Å². The Bertz CT molecular complexity index is 540. The molecule has 0 radical (unpaired) electrons. The Labute approximate surface area is 117 Å². The molecule has 5 heteroatoms. The van der Waals surface area contributed by atoms with Crippen LogP contribution in [0.5, 0.6) is 5.75 Å².